The van der Waals surface area contributed by atoms with Crippen molar-refractivity contribution in [3.05, 3.63) is 89.5 Å². The SMILES string of the molecule is CN=C(NCc1nccn1Cc1ccccc1)N(C)Cc1ccc(C)cc1.I. The Morgan fingerprint density at radius 2 is 1.79 bits per heavy atom. The van der Waals surface area contributed by atoms with Crippen LogP contribution >= 0.6 is 24.0 Å². The first-order chi connectivity index (χ1) is 13.2. The van der Waals surface area contributed by atoms with Crippen LogP contribution in [0.2, 0.25) is 0 Å². The number of aryl methyl sites for hydroxylation is 1. The predicted molar refractivity (Wildman–Crippen MR) is 126 cm³/mol. The van der Waals surface area contributed by atoms with E-state index in [1.807, 2.05) is 32.6 Å². The molecule has 6 heteroatoms. The molecule has 28 heavy (non-hydrogen) atoms. The third-order valence-corrected chi connectivity index (χ3v) is 4.52. The Hall–Kier alpha value is -2.35. The number of guanidine groups is 1. The van der Waals surface area contributed by atoms with E-state index in [4.69, 9.17) is 0 Å². The monoisotopic (exact) mass is 489 g/mol. The molecule has 1 N–H and O–H groups in total. The highest BCUT2D eigenvalue weighted by molar-refractivity contribution is 14.0. The zero-order valence-electron chi connectivity index (χ0n) is 16.7. The van der Waals surface area contributed by atoms with Crippen LogP contribution in [0.4, 0.5) is 0 Å². The van der Waals surface area contributed by atoms with Crippen molar-refractivity contribution in [1.29, 1.82) is 0 Å². The number of hydrogen-bond acceptors (Lipinski definition) is 2. The molecule has 0 unspecified atom stereocenters. The molecule has 0 amide bonds. The molecule has 0 bridgehead atoms. The molecule has 2 aromatic carbocycles. The van der Waals surface area contributed by atoms with E-state index in [0.717, 1.165) is 24.9 Å². The van der Waals surface area contributed by atoms with E-state index in [1.54, 1.807) is 0 Å². The van der Waals surface area contributed by atoms with Crippen molar-refractivity contribution in [2.75, 3.05) is 14.1 Å². The van der Waals surface area contributed by atoms with Crippen LogP contribution < -0.4 is 5.32 Å². The molecule has 0 aliphatic rings. The molecule has 3 rings (SSSR count). The van der Waals surface area contributed by atoms with E-state index in [0.29, 0.717) is 6.54 Å². The smallest absolute Gasteiger partial charge is 0.194 e. The van der Waals surface area contributed by atoms with Gasteiger partial charge in [0, 0.05) is 39.6 Å². The molecular formula is C22H28IN5. The second kappa shape index (κ2) is 10.8. The summed E-state index contributed by atoms with van der Waals surface area (Å²) in [5.41, 5.74) is 3.79. The van der Waals surface area contributed by atoms with Crippen molar-refractivity contribution in [2.45, 2.75) is 26.6 Å². The Morgan fingerprint density at radius 3 is 2.46 bits per heavy atom. The summed E-state index contributed by atoms with van der Waals surface area (Å²) >= 11 is 0. The maximum atomic E-state index is 4.50. The van der Waals surface area contributed by atoms with Crippen LogP contribution in [0.15, 0.2) is 72.0 Å². The van der Waals surface area contributed by atoms with E-state index < -0.39 is 0 Å². The van der Waals surface area contributed by atoms with E-state index in [2.05, 4.69) is 80.2 Å². The molecule has 3 aromatic rings. The normalized spacial score (nSPS) is 11.0. The summed E-state index contributed by atoms with van der Waals surface area (Å²) in [6.07, 6.45) is 3.86. The second-order valence-electron chi connectivity index (χ2n) is 6.70. The first kappa shape index (κ1) is 21.9. The van der Waals surface area contributed by atoms with Gasteiger partial charge in [-0.05, 0) is 18.1 Å². The summed E-state index contributed by atoms with van der Waals surface area (Å²) in [5, 5.41) is 3.42. The summed E-state index contributed by atoms with van der Waals surface area (Å²) in [5.74, 6) is 1.84. The average molecular weight is 489 g/mol. The fourth-order valence-electron chi connectivity index (χ4n) is 3.02. The van der Waals surface area contributed by atoms with Crippen LogP contribution in [0.5, 0.6) is 0 Å². The highest BCUT2D eigenvalue weighted by Gasteiger charge is 2.09. The van der Waals surface area contributed by atoms with Gasteiger partial charge in [-0.1, -0.05) is 60.2 Å². The van der Waals surface area contributed by atoms with Crippen LogP contribution in [0.3, 0.4) is 0 Å². The quantitative estimate of drug-likeness (QED) is 0.323. The summed E-state index contributed by atoms with van der Waals surface area (Å²) in [6, 6.07) is 19.0. The lowest BCUT2D eigenvalue weighted by atomic mass is 10.1. The number of aromatic nitrogens is 2. The second-order valence-corrected chi connectivity index (χ2v) is 6.70. The molecule has 0 spiro atoms. The minimum absolute atomic E-state index is 0. The number of hydrogen-bond donors (Lipinski definition) is 1. The van der Waals surface area contributed by atoms with Gasteiger partial charge >= 0.3 is 0 Å². The highest BCUT2D eigenvalue weighted by atomic mass is 127. The van der Waals surface area contributed by atoms with Crippen LogP contribution in [0.1, 0.15) is 22.5 Å². The van der Waals surface area contributed by atoms with E-state index >= 15 is 0 Å². The predicted octanol–water partition coefficient (Wildman–Crippen LogP) is 4.07. The van der Waals surface area contributed by atoms with Gasteiger partial charge in [-0.15, -0.1) is 24.0 Å². The van der Waals surface area contributed by atoms with Gasteiger partial charge in [-0.2, -0.15) is 0 Å². The maximum Gasteiger partial charge on any atom is 0.194 e. The number of benzene rings is 2. The molecule has 1 aromatic heterocycles. The zero-order valence-corrected chi connectivity index (χ0v) is 19.0. The molecule has 0 aliphatic heterocycles. The molecule has 0 saturated heterocycles. The molecular weight excluding hydrogens is 461 g/mol. The number of nitrogens with zero attached hydrogens (tertiary/aromatic N) is 4. The van der Waals surface area contributed by atoms with Crippen LogP contribution in [-0.4, -0.2) is 34.5 Å². The summed E-state index contributed by atoms with van der Waals surface area (Å²) in [4.78, 5) is 11.0. The standard InChI is InChI=1S/C22H27N5.HI/c1-18-9-11-20(12-10-18)16-26(3)22(23-2)25-15-21-24-13-14-27(21)17-19-7-5-4-6-8-19;/h4-14H,15-17H2,1-3H3,(H,23,25);1H. The van der Waals surface area contributed by atoms with Gasteiger partial charge in [0.05, 0.1) is 6.54 Å². The molecule has 0 fully saturated rings. The highest BCUT2D eigenvalue weighted by Crippen LogP contribution is 2.08. The van der Waals surface area contributed by atoms with Gasteiger partial charge in [0.2, 0.25) is 0 Å². The van der Waals surface area contributed by atoms with E-state index in [-0.39, 0.29) is 24.0 Å². The molecule has 0 atom stereocenters. The number of nitrogens with one attached hydrogen (secondary N) is 1. The Balaban J connectivity index is 0.00000280. The Labute approximate surface area is 184 Å². The van der Waals surface area contributed by atoms with Crippen molar-refractivity contribution in [3.63, 3.8) is 0 Å². The first-order valence-electron chi connectivity index (χ1n) is 9.17. The van der Waals surface area contributed by atoms with Gasteiger partial charge in [-0.3, -0.25) is 4.99 Å². The van der Waals surface area contributed by atoms with Crippen molar-refractivity contribution in [2.24, 2.45) is 4.99 Å². The third-order valence-electron chi connectivity index (χ3n) is 4.52. The number of aliphatic imine (C=N–C) groups is 1. The van der Waals surface area contributed by atoms with E-state index in [9.17, 15) is 0 Å². The average Bonchev–Trinajstić information content (AvgIpc) is 3.12. The fourth-order valence-corrected chi connectivity index (χ4v) is 3.02. The van der Waals surface area contributed by atoms with Crippen LogP contribution in [-0.2, 0) is 19.6 Å². The molecule has 148 valence electrons. The van der Waals surface area contributed by atoms with Gasteiger partial charge < -0.3 is 14.8 Å². The molecule has 0 saturated carbocycles. The molecule has 0 radical (unpaired) electrons. The molecule has 0 aliphatic carbocycles. The Morgan fingerprint density at radius 1 is 1.07 bits per heavy atom. The minimum atomic E-state index is 0. The number of imidazole rings is 1. The number of halogens is 1. The van der Waals surface area contributed by atoms with Crippen molar-refractivity contribution in [3.8, 4) is 0 Å². The summed E-state index contributed by atoms with van der Waals surface area (Å²) in [7, 11) is 3.86. The lowest BCUT2D eigenvalue weighted by Gasteiger charge is -2.22. The van der Waals surface area contributed by atoms with Crippen LogP contribution in [0.25, 0.3) is 0 Å². The summed E-state index contributed by atoms with van der Waals surface area (Å²) < 4.78 is 2.16. The summed E-state index contributed by atoms with van der Waals surface area (Å²) in [6.45, 7) is 4.35. The number of rotatable bonds is 6. The Bertz CT molecular complexity index is 871. The van der Waals surface area contributed by atoms with Gasteiger partial charge in [0.15, 0.2) is 5.96 Å². The zero-order chi connectivity index (χ0) is 19.1. The lowest BCUT2D eigenvalue weighted by molar-refractivity contribution is 0.474. The van der Waals surface area contributed by atoms with Crippen LogP contribution in [0, 0.1) is 6.92 Å². The first-order valence-corrected chi connectivity index (χ1v) is 9.17. The Kier molecular flexibility index (Phi) is 8.50. The topological polar surface area (TPSA) is 45.5 Å². The third kappa shape index (κ3) is 6.09. The van der Waals surface area contributed by atoms with Gasteiger partial charge in [0.25, 0.3) is 0 Å². The minimum Gasteiger partial charge on any atom is -0.349 e. The fraction of sp³-hybridized carbons (Fsp3) is 0.273. The van der Waals surface area contributed by atoms with Crippen molar-refractivity contribution in [1.82, 2.24) is 19.8 Å². The lowest BCUT2D eigenvalue weighted by Crippen LogP contribution is -2.38. The van der Waals surface area contributed by atoms with Gasteiger partial charge in [-0.25, -0.2) is 4.98 Å². The maximum absolute atomic E-state index is 4.50. The van der Waals surface area contributed by atoms with Gasteiger partial charge in [0.1, 0.15) is 5.82 Å². The van der Waals surface area contributed by atoms with Crippen molar-refractivity contribution < 1.29 is 0 Å². The van der Waals surface area contributed by atoms with Crippen molar-refractivity contribution >= 4 is 29.9 Å². The molecule has 5 nitrogen and oxygen atoms in total. The molecule has 1 heterocycles. The largest absolute Gasteiger partial charge is 0.349 e. The van der Waals surface area contributed by atoms with E-state index in [1.165, 1.54) is 16.7 Å².